The Morgan fingerprint density at radius 3 is 2.06 bits per heavy atom. The number of benzene rings is 3. The summed E-state index contributed by atoms with van der Waals surface area (Å²) in [5.74, 6) is 1.17. The van der Waals surface area contributed by atoms with Gasteiger partial charge in [0.25, 0.3) is 0 Å². The Kier molecular flexibility index (Phi) is 8.15. The van der Waals surface area contributed by atoms with E-state index in [0.717, 1.165) is 27.0 Å². The summed E-state index contributed by atoms with van der Waals surface area (Å²) in [5, 5.41) is 2.33. The summed E-state index contributed by atoms with van der Waals surface area (Å²) in [6.45, 7) is 6.01. The fourth-order valence-corrected chi connectivity index (χ4v) is 5.48. The predicted molar refractivity (Wildman–Crippen MR) is 137 cm³/mol. The maximum atomic E-state index is 6.28. The third-order valence-electron chi connectivity index (χ3n) is 5.15. The quantitative estimate of drug-likeness (QED) is 0.233. The molecular formula is C27H26Cl2N2OS. The van der Waals surface area contributed by atoms with Crippen LogP contribution in [-0.4, -0.2) is 9.55 Å². The van der Waals surface area contributed by atoms with Crippen molar-refractivity contribution in [1.29, 1.82) is 0 Å². The lowest BCUT2D eigenvalue weighted by atomic mass is 10.1. The van der Waals surface area contributed by atoms with Gasteiger partial charge in [-0.15, -0.1) is 0 Å². The maximum Gasteiger partial charge on any atom is 0.136 e. The van der Waals surface area contributed by atoms with E-state index < -0.39 is 0 Å². The van der Waals surface area contributed by atoms with Gasteiger partial charge in [0.05, 0.1) is 12.3 Å². The second-order valence-electron chi connectivity index (χ2n) is 8.13. The molecule has 3 aromatic carbocycles. The lowest BCUT2D eigenvalue weighted by molar-refractivity contribution is 0.0991. The fraction of sp³-hybridized carbons (Fsp3) is 0.222. The van der Waals surface area contributed by atoms with Crippen LogP contribution in [0.15, 0.2) is 88.8 Å². The molecular weight excluding hydrogens is 471 g/mol. The largest absolute Gasteiger partial charge is 0.369 e. The molecule has 0 atom stereocenters. The monoisotopic (exact) mass is 496 g/mol. The van der Waals surface area contributed by atoms with Gasteiger partial charge in [-0.05, 0) is 35.2 Å². The average molecular weight is 497 g/mol. The summed E-state index contributed by atoms with van der Waals surface area (Å²) in [6, 6.07) is 26.2. The topological polar surface area (TPSA) is 27.1 Å². The molecule has 0 saturated heterocycles. The Labute approximate surface area is 209 Å². The molecule has 0 aliphatic carbocycles. The first-order chi connectivity index (χ1) is 16.0. The van der Waals surface area contributed by atoms with Gasteiger partial charge in [0, 0.05) is 21.5 Å². The molecule has 0 aliphatic rings. The minimum absolute atomic E-state index is 0.257. The van der Waals surface area contributed by atoms with Crippen molar-refractivity contribution in [2.45, 2.75) is 49.4 Å². The molecule has 4 aromatic rings. The van der Waals surface area contributed by atoms with E-state index in [9.17, 15) is 0 Å². The highest BCUT2D eigenvalue weighted by atomic mass is 35.5. The molecule has 4 rings (SSSR count). The molecule has 6 heteroatoms. The van der Waals surface area contributed by atoms with Crippen LogP contribution in [0.4, 0.5) is 0 Å². The zero-order valence-electron chi connectivity index (χ0n) is 18.7. The highest BCUT2D eigenvalue weighted by Crippen LogP contribution is 2.37. The molecule has 0 N–H and O–H groups in total. The summed E-state index contributed by atoms with van der Waals surface area (Å²) in [6.07, 6.45) is 0. The van der Waals surface area contributed by atoms with Crippen molar-refractivity contribution in [3.05, 3.63) is 112 Å². The van der Waals surface area contributed by atoms with Crippen molar-refractivity contribution >= 4 is 35.0 Å². The van der Waals surface area contributed by atoms with Crippen molar-refractivity contribution in [2.75, 3.05) is 0 Å². The van der Waals surface area contributed by atoms with E-state index in [4.69, 9.17) is 32.9 Å². The third-order valence-corrected chi connectivity index (χ3v) is 6.68. The summed E-state index contributed by atoms with van der Waals surface area (Å²) in [7, 11) is 0. The second-order valence-corrected chi connectivity index (χ2v) is 10.1. The van der Waals surface area contributed by atoms with Crippen LogP contribution in [0.2, 0.25) is 10.0 Å². The standard InChI is InChI=1S/C27H26Cl2N2OS/c1-19(2)26-27(33-24-14-22(28)13-23(29)15-24)31(16-20-9-5-3-6-10-20)25(30-26)18-32-17-21-11-7-4-8-12-21/h3-15,19H,16-18H2,1-2H3. The molecule has 1 aromatic heterocycles. The Bertz CT molecular complexity index is 1170. The van der Waals surface area contributed by atoms with E-state index in [-0.39, 0.29) is 5.92 Å². The molecule has 3 nitrogen and oxygen atoms in total. The summed E-state index contributed by atoms with van der Waals surface area (Å²) in [5.41, 5.74) is 3.40. The molecule has 0 fully saturated rings. The first-order valence-corrected chi connectivity index (χ1v) is 12.5. The maximum absolute atomic E-state index is 6.28. The van der Waals surface area contributed by atoms with Crippen molar-refractivity contribution in [3.8, 4) is 0 Å². The van der Waals surface area contributed by atoms with Crippen molar-refractivity contribution in [2.24, 2.45) is 0 Å². The number of nitrogens with zero attached hydrogens (tertiary/aromatic N) is 2. The van der Waals surface area contributed by atoms with E-state index in [2.05, 4.69) is 54.8 Å². The van der Waals surface area contributed by atoms with Gasteiger partial charge in [0.15, 0.2) is 0 Å². The Morgan fingerprint density at radius 2 is 1.45 bits per heavy atom. The van der Waals surface area contributed by atoms with Gasteiger partial charge in [-0.2, -0.15) is 0 Å². The lowest BCUT2D eigenvalue weighted by Crippen LogP contribution is -2.08. The average Bonchev–Trinajstić information content (AvgIpc) is 3.12. The van der Waals surface area contributed by atoms with Crippen molar-refractivity contribution in [1.82, 2.24) is 9.55 Å². The third kappa shape index (κ3) is 6.42. The molecule has 33 heavy (non-hydrogen) atoms. The highest BCUT2D eigenvalue weighted by Gasteiger charge is 2.21. The SMILES string of the molecule is CC(C)c1nc(COCc2ccccc2)n(Cc2ccccc2)c1Sc1cc(Cl)cc(Cl)c1. The zero-order valence-corrected chi connectivity index (χ0v) is 21.0. The number of ether oxygens (including phenoxy) is 1. The van der Waals surface area contributed by atoms with E-state index in [1.54, 1.807) is 17.8 Å². The van der Waals surface area contributed by atoms with Crippen LogP contribution in [0.1, 0.15) is 42.4 Å². The summed E-state index contributed by atoms with van der Waals surface area (Å²) < 4.78 is 8.34. The van der Waals surface area contributed by atoms with E-state index >= 15 is 0 Å². The lowest BCUT2D eigenvalue weighted by Gasteiger charge is -2.14. The molecule has 0 radical (unpaired) electrons. The van der Waals surface area contributed by atoms with Gasteiger partial charge in [0.1, 0.15) is 17.5 Å². The number of rotatable bonds is 9. The van der Waals surface area contributed by atoms with Gasteiger partial charge in [-0.1, -0.05) is 109 Å². The molecule has 0 unspecified atom stereocenters. The van der Waals surface area contributed by atoms with Crippen LogP contribution < -0.4 is 0 Å². The Hall–Kier alpha value is -2.24. The van der Waals surface area contributed by atoms with Crippen LogP contribution in [-0.2, 0) is 24.5 Å². The first kappa shape index (κ1) is 23.9. The predicted octanol–water partition coefficient (Wildman–Crippen LogP) is 8.23. The van der Waals surface area contributed by atoms with Crippen LogP contribution in [0.5, 0.6) is 0 Å². The van der Waals surface area contributed by atoms with Crippen molar-refractivity contribution in [3.63, 3.8) is 0 Å². The molecule has 0 saturated carbocycles. The van der Waals surface area contributed by atoms with Crippen molar-refractivity contribution < 1.29 is 4.74 Å². The van der Waals surface area contributed by atoms with E-state index in [1.807, 2.05) is 36.4 Å². The first-order valence-electron chi connectivity index (χ1n) is 10.9. The number of halogens is 2. The van der Waals surface area contributed by atoms with Crippen LogP contribution >= 0.6 is 35.0 Å². The summed E-state index contributed by atoms with van der Waals surface area (Å²) >= 11 is 14.2. The zero-order chi connectivity index (χ0) is 23.2. The second kappa shape index (κ2) is 11.3. The fourth-order valence-electron chi connectivity index (χ4n) is 3.56. The normalized spacial score (nSPS) is 11.3. The van der Waals surface area contributed by atoms with E-state index in [1.165, 1.54) is 5.56 Å². The molecule has 0 amide bonds. The van der Waals surface area contributed by atoms with Crippen LogP contribution in [0, 0.1) is 0 Å². The van der Waals surface area contributed by atoms with E-state index in [0.29, 0.717) is 29.8 Å². The minimum atomic E-state index is 0.257. The number of aromatic nitrogens is 2. The molecule has 0 aliphatic heterocycles. The summed E-state index contributed by atoms with van der Waals surface area (Å²) in [4.78, 5) is 6.02. The highest BCUT2D eigenvalue weighted by molar-refractivity contribution is 7.99. The molecule has 1 heterocycles. The minimum Gasteiger partial charge on any atom is -0.369 e. The number of hydrogen-bond donors (Lipinski definition) is 0. The molecule has 0 bridgehead atoms. The van der Waals surface area contributed by atoms with Gasteiger partial charge < -0.3 is 9.30 Å². The van der Waals surface area contributed by atoms with Gasteiger partial charge in [0.2, 0.25) is 0 Å². The van der Waals surface area contributed by atoms with Gasteiger partial charge in [-0.3, -0.25) is 0 Å². The van der Waals surface area contributed by atoms with Gasteiger partial charge >= 0.3 is 0 Å². The van der Waals surface area contributed by atoms with Gasteiger partial charge in [-0.25, -0.2) is 4.98 Å². The molecule has 170 valence electrons. The van der Waals surface area contributed by atoms with Crippen LogP contribution in [0.25, 0.3) is 0 Å². The smallest absolute Gasteiger partial charge is 0.136 e. The molecule has 0 spiro atoms. The number of imidazole rings is 1. The van der Waals surface area contributed by atoms with Crippen LogP contribution in [0.3, 0.4) is 0 Å². The Morgan fingerprint density at radius 1 is 0.848 bits per heavy atom. The Balaban J connectivity index is 1.68. The number of hydrogen-bond acceptors (Lipinski definition) is 3.